The van der Waals surface area contributed by atoms with E-state index in [-0.39, 0.29) is 5.65 Å². The topological polar surface area (TPSA) is 119 Å². The SMILES string of the molecule is Cn1c(=O)[nH]c(=O)c2c1nc(N/N=C\c1cccnc1)n2CCCOc1ccccc1. The minimum atomic E-state index is -0.528. The summed E-state index contributed by atoms with van der Waals surface area (Å²) in [5.74, 6) is 1.12. The van der Waals surface area contributed by atoms with Crippen molar-refractivity contribution in [3.63, 3.8) is 0 Å². The van der Waals surface area contributed by atoms with Crippen LogP contribution in [0.2, 0.25) is 0 Å². The molecule has 158 valence electrons. The second kappa shape index (κ2) is 9.08. The lowest BCUT2D eigenvalue weighted by Crippen LogP contribution is -2.29. The maximum absolute atomic E-state index is 12.5. The molecule has 3 heterocycles. The van der Waals surface area contributed by atoms with Crippen LogP contribution in [0.5, 0.6) is 5.75 Å². The van der Waals surface area contributed by atoms with Gasteiger partial charge in [0, 0.05) is 31.5 Å². The average molecular weight is 419 g/mol. The highest BCUT2D eigenvalue weighted by molar-refractivity contribution is 5.80. The number of aromatic amines is 1. The molecule has 0 aliphatic carbocycles. The highest BCUT2D eigenvalue weighted by Gasteiger charge is 2.17. The number of aromatic nitrogens is 5. The number of ether oxygens (including phenoxy) is 1. The number of benzene rings is 1. The Morgan fingerprint density at radius 1 is 1.19 bits per heavy atom. The second-order valence-corrected chi connectivity index (χ2v) is 6.75. The number of rotatable bonds is 8. The third kappa shape index (κ3) is 4.53. The number of anilines is 1. The molecule has 4 aromatic rings. The van der Waals surface area contributed by atoms with Gasteiger partial charge in [0.2, 0.25) is 5.95 Å². The third-order valence-electron chi connectivity index (χ3n) is 4.61. The van der Waals surface area contributed by atoms with Gasteiger partial charge in [-0.3, -0.25) is 19.3 Å². The molecule has 1 aromatic carbocycles. The first-order valence-corrected chi connectivity index (χ1v) is 9.70. The Morgan fingerprint density at radius 3 is 2.81 bits per heavy atom. The number of pyridine rings is 1. The maximum Gasteiger partial charge on any atom is 0.329 e. The summed E-state index contributed by atoms with van der Waals surface area (Å²) in [4.78, 5) is 35.3. The zero-order valence-corrected chi connectivity index (χ0v) is 16.9. The molecule has 0 atom stereocenters. The Morgan fingerprint density at radius 2 is 2.03 bits per heavy atom. The number of nitrogens with one attached hydrogen (secondary N) is 2. The minimum absolute atomic E-state index is 0.275. The van der Waals surface area contributed by atoms with Crippen molar-refractivity contribution in [3.05, 3.63) is 81.3 Å². The quantitative estimate of drug-likeness (QED) is 0.255. The zero-order chi connectivity index (χ0) is 21.6. The van der Waals surface area contributed by atoms with Crippen LogP contribution in [0.3, 0.4) is 0 Å². The fraction of sp³-hybridized carbons (Fsp3) is 0.190. The van der Waals surface area contributed by atoms with Crippen LogP contribution in [-0.4, -0.2) is 36.9 Å². The van der Waals surface area contributed by atoms with Crippen LogP contribution in [0.1, 0.15) is 12.0 Å². The van der Waals surface area contributed by atoms with Crippen molar-refractivity contribution in [1.29, 1.82) is 0 Å². The second-order valence-electron chi connectivity index (χ2n) is 6.75. The first kappa shape index (κ1) is 20.1. The van der Waals surface area contributed by atoms with Gasteiger partial charge >= 0.3 is 5.69 Å². The van der Waals surface area contributed by atoms with Gasteiger partial charge in [-0.2, -0.15) is 10.1 Å². The summed E-state index contributed by atoms with van der Waals surface area (Å²) in [6.07, 6.45) is 5.56. The minimum Gasteiger partial charge on any atom is -0.494 e. The van der Waals surface area contributed by atoms with Crippen molar-refractivity contribution in [3.8, 4) is 5.75 Å². The lowest BCUT2D eigenvalue weighted by Gasteiger charge is -2.09. The number of aryl methyl sites for hydroxylation is 2. The molecule has 0 saturated heterocycles. The number of imidazole rings is 1. The normalized spacial score (nSPS) is 11.3. The predicted molar refractivity (Wildman–Crippen MR) is 118 cm³/mol. The third-order valence-corrected chi connectivity index (χ3v) is 4.61. The zero-order valence-electron chi connectivity index (χ0n) is 16.9. The van der Waals surface area contributed by atoms with Crippen LogP contribution in [0.25, 0.3) is 11.2 Å². The Labute approximate surface area is 176 Å². The van der Waals surface area contributed by atoms with Crippen LogP contribution < -0.4 is 21.4 Å². The molecular weight excluding hydrogens is 398 g/mol. The van der Waals surface area contributed by atoms with Crippen LogP contribution in [-0.2, 0) is 13.6 Å². The lowest BCUT2D eigenvalue weighted by atomic mass is 10.3. The van der Waals surface area contributed by atoms with Gasteiger partial charge < -0.3 is 9.30 Å². The fourth-order valence-electron chi connectivity index (χ4n) is 3.08. The fourth-order valence-corrected chi connectivity index (χ4v) is 3.08. The monoisotopic (exact) mass is 419 g/mol. The van der Waals surface area contributed by atoms with Crippen LogP contribution in [0.4, 0.5) is 5.95 Å². The Hall–Kier alpha value is -4.21. The summed E-state index contributed by atoms with van der Waals surface area (Å²) in [6.45, 7) is 0.890. The number of hydrogen-bond acceptors (Lipinski definition) is 7. The van der Waals surface area contributed by atoms with Crippen molar-refractivity contribution in [2.24, 2.45) is 12.1 Å². The van der Waals surface area contributed by atoms with Gasteiger partial charge in [0.15, 0.2) is 11.2 Å². The molecule has 0 unspecified atom stereocenters. The number of hydrogen-bond donors (Lipinski definition) is 2. The van der Waals surface area contributed by atoms with Gasteiger partial charge in [0.1, 0.15) is 5.75 Å². The Bertz CT molecular complexity index is 1310. The van der Waals surface area contributed by atoms with Gasteiger partial charge in [0.25, 0.3) is 5.56 Å². The van der Waals surface area contributed by atoms with Gasteiger partial charge in [-0.25, -0.2) is 10.2 Å². The summed E-state index contributed by atoms with van der Waals surface area (Å²) >= 11 is 0. The molecule has 10 heteroatoms. The number of fused-ring (bicyclic) bond motifs is 1. The van der Waals surface area contributed by atoms with Crippen LogP contribution in [0.15, 0.2) is 69.5 Å². The molecular formula is C21H21N7O3. The largest absolute Gasteiger partial charge is 0.494 e. The van der Waals surface area contributed by atoms with Crippen molar-refractivity contribution in [2.45, 2.75) is 13.0 Å². The van der Waals surface area contributed by atoms with E-state index in [9.17, 15) is 9.59 Å². The Kier molecular flexibility index (Phi) is 5.88. The molecule has 0 aliphatic heterocycles. The molecule has 0 aliphatic rings. The van der Waals surface area contributed by atoms with E-state index in [0.717, 1.165) is 11.3 Å². The molecule has 2 N–H and O–H groups in total. The van der Waals surface area contributed by atoms with E-state index in [1.54, 1.807) is 36.3 Å². The van der Waals surface area contributed by atoms with Crippen molar-refractivity contribution < 1.29 is 4.74 Å². The van der Waals surface area contributed by atoms with Gasteiger partial charge in [-0.05, 0) is 24.6 Å². The van der Waals surface area contributed by atoms with Crippen LogP contribution in [0, 0.1) is 0 Å². The highest BCUT2D eigenvalue weighted by Crippen LogP contribution is 2.16. The predicted octanol–water partition coefficient (Wildman–Crippen LogP) is 1.73. The average Bonchev–Trinajstić information content (AvgIpc) is 3.16. The lowest BCUT2D eigenvalue weighted by molar-refractivity contribution is 0.303. The van der Waals surface area contributed by atoms with E-state index in [1.807, 2.05) is 36.4 Å². The van der Waals surface area contributed by atoms with Gasteiger partial charge in [-0.1, -0.05) is 24.3 Å². The number of hydrazone groups is 1. The molecule has 0 amide bonds. The molecule has 0 saturated carbocycles. The first-order chi connectivity index (χ1) is 15.1. The van der Waals surface area contributed by atoms with E-state index in [2.05, 4.69) is 25.5 Å². The summed E-state index contributed by atoms with van der Waals surface area (Å²) < 4.78 is 8.73. The molecule has 0 radical (unpaired) electrons. The first-order valence-electron chi connectivity index (χ1n) is 9.70. The van der Waals surface area contributed by atoms with E-state index >= 15 is 0 Å². The number of H-pyrrole nitrogens is 1. The van der Waals surface area contributed by atoms with Crippen LogP contribution >= 0.6 is 0 Å². The molecule has 0 bridgehead atoms. The van der Waals surface area contributed by atoms with Gasteiger partial charge in [-0.15, -0.1) is 0 Å². The van der Waals surface area contributed by atoms with Gasteiger partial charge in [0.05, 0.1) is 12.8 Å². The summed E-state index contributed by atoms with van der Waals surface area (Å²) in [7, 11) is 1.55. The maximum atomic E-state index is 12.5. The van der Waals surface area contributed by atoms with E-state index < -0.39 is 11.2 Å². The van der Waals surface area contributed by atoms with Crippen molar-refractivity contribution >= 4 is 23.3 Å². The standard InChI is InChI=1S/C21H21N7O3/c1-27-18-17(19(29)25-21(27)30)28(11-6-12-31-16-8-3-2-4-9-16)20(24-18)26-23-14-15-7-5-10-22-13-15/h2-5,7-10,13-14H,6,11-12H2,1H3,(H,24,26)(H,25,29,30)/b23-14-. The smallest absolute Gasteiger partial charge is 0.329 e. The van der Waals surface area contributed by atoms with Crippen molar-refractivity contribution in [1.82, 2.24) is 24.1 Å². The molecule has 0 fully saturated rings. The molecule has 3 aromatic heterocycles. The molecule has 10 nitrogen and oxygen atoms in total. The summed E-state index contributed by atoms with van der Waals surface area (Å²) in [6, 6.07) is 13.2. The number of nitrogens with zero attached hydrogens (tertiary/aromatic N) is 5. The Balaban J connectivity index is 1.58. The molecule has 31 heavy (non-hydrogen) atoms. The number of para-hydroxylation sites is 1. The van der Waals surface area contributed by atoms with Crippen molar-refractivity contribution in [2.75, 3.05) is 12.0 Å². The summed E-state index contributed by atoms with van der Waals surface area (Å²) in [5.41, 5.74) is 3.21. The highest BCUT2D eigenvalue weighted by atomic mass is 16.5. The summed E-state index contributed by atoms with van der Waals surface area (Å²) in [5, 5.41) is 4.20. The van der Waals surface area contributed by atoms with E-state index in [0.29, 0.717) is 31.0 Å². The molecule has 4 rings (SSSR count). The van der Waals surface area contributed by atoms with E-state index in [1.165, 1.54) is 4.57 Å². The molecule has 0 spiro atoms. The van der Waals surface area contributed by atoms with E-state index in [4.69, 9.17) is 4.74 Å².